The van der Waals surface area contributed by atoms with E-state index in [0.29, 0.717) is 16.8 Å². The van der Waals surface area contributed by atoms with Gasteiger partial charge in [-0.05, 0) is 30.0 Å². The summed E-state index contributed by atoms with van der Waals surface area (Å²) in [4.78, 5) is 20.7. The van der Waals surface area contributed by atoms with E-state index < -0.39 is 23.3 Å². The molecule has 1 amide bonds. The Hall–Kier alpha value is -4.49. The van der Waals surface area contributed by atoms with E-state index in [1.807, 2.05) is 0 Å². The number of nitrogen functional groups attached to an aromatic ring is 1. The number of nitrogens with one attached hydrogen (secondary N) is 2. The lowest BCUT2D eigenvalue weighted by Crippen LogP contribution is -2.28. The van der Waals surface area contributed by atoms with Gasteiger partial charge < -0.3 is 20.9 Å². The second-order valence-corrected chi connectivity index (χ2v) is 8.71. The van der Waals surface area contributed by atoms with Crippen molar-refractivity contribution in [1.82, 2.24) is 24.9 Å². The average Bonchev–Trinajstić information content (AvgIpc) is 3.44. The lowest BCUT2D eigenvalue weighted by molar-refractivity contribution is -0.165. The largest absolute Gasteiger partial charge is 0.401 e. The average molecular weight is 516 g/mol. The molecule has 5 rings (SSSR count). The van der Waals surface area contributed by atoms with Crippen LogP contribution in [-0.4, -0.2) is 37.0 Å². The summed E-state index contributed by atoms with van der Waals surface area (Å²) < 4.78 is 60.8. The Morgan fingerprint density at radius 1 is 1.19 bits per heavy atom. The molecule has 1 aliphatic carbocycles. The predicted octanol–water partition coefficient (Wildman–Crippen LogP) is 4.11. The zero-order valence-corrected chi connectivity index (χ0v) is 19.3. The lowest BCUT2D eigenvalue weighted by Gasteiger charge is -2.14. The zero-order chi connectivity index (χ0) is 26.4. The fourth-order valence-electron chi connectivity index (χ4n) is 3.85. The minimum atomic E-state index is -4.46. The summed E-state index contributed by atoms with van der Waals surface area (Å²) in [5.41, 5.74) is 5.39. The molecule has 0 spiro atoms. The first-order valence-corrected chi connectivity index (χ1v) is 11.0. The molecule has 1 aliphatic rings. The van der Waals surface area contributed by atoms with Gasteiger partial charge in [0.15, 0.2) is 17.4 Å². The number of nitrogens with two attached hydrogens (primary N) is 1. The number of aryl methyl sites for hydroxylation is 1. The molecular weight excluding hydrogens is 496 g/mol. The van der Waals surface area contributed by atoms with Crippen molar-refractivity contribution < 1.29 is 26.9 Å². The molecule has 0 bridgehead atoms. The summed E-state index contributed by atoms with van der Waals surface area (Å²) in [6.07, 6.45) is -0.346. The SMILES string of the molecule is Cn1cc(Nc2ncc(-c3ccc(CC(=O)Nc4cc(C5(C(F)(F)F)CC5)on4)c(F)c3)cn2)c(N)n1. The second kappa shape index (κ2) is 8.87. The summed E-state index contributed by atoms with van der Waals surface area (Å²) in [7, 11) is 1.72. The Bertz CT molecular complexity index is 1460. The highest BCUT2D eigenvalue weighted by molar-refractivity contribution is 5.91. The molecule has 0 radical (unpaired) electrons. The number of amides is 1. The molecule has 4 aromatic rings. The molecule has 10 nitrogen and oxygen atoms in total. The third-order valence-electron chi connectivity index (χ3n) is 6.04. The fraction of sp³-hybridized carbons (Fsp3) is 0.261. The number of aromatic nitrogens is 5. The van der Waals surface area contributed by atoms with E-state index >= 15 is 0 Å². The molecular formula is C23H20F4N8O2. The molecule has 0 unspecified atom stereocenters. The van der Waals surface area contributed by atoms with E-state index in [1.54, 1.807) is 19.3 Å². The van der Waals surface area contributed by atoms with Crippen LogP contribution in [-0.2, 0) is 23.7 Å². The number of hydrogen-bond acceptors (Lipinski definition) is 8. The molecule has 1 fully saturated rings. The Labute approximate surface area is 206 Å². The van der Waals surface area contributed by atoms with Crippen molar-refractivity contribution in [3.8, 4) is 11.1 Å². The molecule has 192 valence electrons. The van der Waals surface area contributed by atoms with Gasteiger partial charge in [0, 0.05) is 31.1 Å². The highest BCUT2D eigenvalue weighted by atomic mass is 19.4. The Balaban J connectivity index is 1.22. The quantitative estimate of drug-likeness (QED) is 0.312. The minimum absolute atomic E-state index is 0.0881. The van der Waals surface area contributed by atoms with E-state index in [1.165, 1.54) is 29.2 Å². The number of rotatable bonds is 7. The van der Waals surface area contributed by atoms with Crippen LogP contribution >= 0.6 is 0 Å². The van der Waals surface area contributed by atoms with E-state index in [-0.39, 0.29) is 48.2 Å². The maximum atomic E-state index is 14.7. The number of carbonyl (C=O) groups is 1. The molecule has 1 saturated carbocycles. The van der Waals surface area contributed by atoms with E-state index in [9.17, 15) is 22.4 Å². The third-order valence-corrected chi connectivity index (χ3v) is 6.04. The molecule has 0 saturated heterocycles. The van der Waals surface area contributed by atoms with Crippen LogP contribution in [0.5, 0.6) is 0 Å². The number of carbonyl (C=O) groups excluding carboxylic acids is 1. The highest BCUT2D eigenvalue weighted by Crippen LogP contribution is 2.59. The van der Waals surface area contributed by atoms with Crippen LogP contribution in [0, 0.1) is 5.82 Å². The van der Waals surface area contributed by atoms with E-state index in [0.717, 1.165) is 6.07 Å². The van der Waals surface area contributed by atoms with Crippen molar-refractivity contribution in [3.63, 3.8) is 0 Å². The molecule has 3 heterocycles. The topological polar surface area (TPSA) is 137 Å². The Morgan fingerprint density at radius 2 is 1.92 bits per heavy atom. The van der Waals surface area contributed by atoms with Crippen molar-refractivity contribution in [2.45, 2.75) is 30.9 Å². The van der Waals surface area contributed by atoms with Crippen LogP contribution in [0.25, 0.3) is 11.1 Å². The van der Waals surface area contributed by atoms with Crippen LogP contribution in [0.2, 0.25) is 0 Å². The number of halogens is 4. The fourth-order valence-corrected chi connectivity index (χ4v) is 3.85. The first kappa shape index (κ1) is 24.2. The Morgan fingerprint density at radius 3 is 2.51 bits per heavy atom. The van der Waals surface area contributed by atoms with Gasteiger partial charge in [-0.3, -0.25) is 9.48 Å². The molecule has 0 aliphatic heterocycles. The summed E-state index contributed by atoms with van der Waals surface area (Å²) in [6.45, 7) is 0. The molecule has 0 atom stereocenters. The number of anilines is 4. The van der Waals surface area contributed by atoms with Gasteiger partial charge in [0.05, 0.1) is 12.6 Å². The van der Waals surface area contributed by atoms with Gasteiger partial charge in [0.1, 0.15) is 16.9 Å². The van der Waals surface area contributed by atoms with E-state index in [4.69, 9.17) is 10.3 Å². The smallest absolute Gasteiger partial charge is 0.380 e. The molecule has 3 aromatic heterocycles. The first-order valence-electron chi connectivity index (χ1n) is 11.0. The lowest BCUT2D eigenvalue weighted by atomic mass is 10.0. The number of nitrogens with zero attached hydrogens (tertiary/aromatic N) is 5. The van der Waals surface area contributed by atoms with Crippen LogP contribution in [0.15, 0.2) is 47.4 Å². The normalized spacial score (nSPS) is 14.4. The number of benzene rings is 1. The summed E-state index contributed by atoms with van der Waals surface area (Å²) in [6, 6.07) is 5.33. The third kappa shape index (κ3) is 4.81. The van der Waals surface area contributed by atoms with Crippen LogP contribution in [0.3, 0.4) is 0 Å². The zero-order valence-electron chi connectivity index (χ0n) is 19.3. The standard InChI is InChI=1S/C23H20F4N8O2/c1-35-11-16(20(28)33-35)31-21-29-9-14(10-30-21)12-2-3-13(15(24)6-12)7-19(36)32-18-8-17(37-34-18)22(4-5-22)23(25,26)27/h2-3,6,8-11H,4-5,7H2,1H3,(H2,28,33)(H,29,30,31)(H,32,34,36). The van der Waals surface area contributed by atoms with Gasteiger partial charge in [-0.15, -0.1) is 0 Å². The summed E-state index contributed by atoms with van der Waals surface area (Å²) in [5, 5.41) is 12.8. The van der Waals surface area contributed by atoms with Gasteiger partial charge in [-0.1, -0.05) is 17.3 Å². The predicted molar refractivity (Wildman–Crippen MR) is 124 cm³/mol. The van der Waals surface area contributed by atoms with E-state index in [2.05, 4.69) is 30.9 Å². The van der Waals surface area contributed by atoms with Crippen molar-refractivity contribution in [2.75, 3.05) is 16.4 Å². The molecule has 37 heavy (non-hydrogen) atoms. The highest BCUT2D eigenvalue weighted by Gasteiger charge is 2.66. The van der Waals surface area contributed by atoms with Gasteiger partial charge in [-0.25, -0.2) is 14.4 Å². The van der Waals surface area contributed by atoms with Crippen LogP contribution < -0.4 is 16.4 Å². The van der Waals surface area contributed by atoms with Crippen molar-refractivity contribution in [3.05, 3.63) is 60.0 Å². The minimum Gasteiger partial charge on any atom is -0.380 e. The maximum absolute atomic E-state index is 14.7. The first-order chi connectivity index (χ1) is 17.5. The summed E-state index contributed by atoms with van der Waals surface area (Å²) >= 11 is 0. The van der Waals surface area contributed by atoms with Gasteiger partial charge in [-0.2, -0.15) is 18.3 Å². The van der Waals surface area contributed by atoms with Crippen molar-refractivity contribution in [1.29, 1.82) is 0 Å². The Kier molecular flexibility index (Phi) is 5.80. The van der Waals surface area contributed by atoms with Gasteiger partial charge in [0.2, 0.25) is 11.9 Å². The number of hydrogen-bond donors (Lipinski definition) is 3. The van der Waals surface area contributed by atoms with Crippen LogP contribution in [0.4, 0.5) is 40.8 Å². The summed E-state index contributed by atoms with van der Waals surface area (Å²) in [5.74, 6) is -1.25. The van der Waals surface area contributed by atoms with Gasteiger partial charge in [0.25, 0.3) is 0 Å². The molecule has 4 N–H and O–H groups in total. The molecule has 14 heteroatoms. The molecule has 1 aromatic carbocycles. The monoisotopic (exact) mass is 516 g/mol. The second-order valence-electron chi connectivity index (χ2n) is 8.71. The number of alkyl halides is 3. The van der Waals surface area contributed by atoms with Crippen molar-refractivity contribution in [2.24, 2.45) is 7.05 Å². The van der Waals surface area contributed by atoms with Crippen molar-refractivity contribution >= 4 is 29.2 Å². The van der Waals surface area contributed by atoms with Crippen LogP contribution in [0.1, 0.15) is 24.2 Å². The maximum Gasteiger partial charge on any atom is 0.401 e. The van der Waals surface area contributed by atoms with Gasteiger partial charge >= 0.3 is 6.18 Å².